The van der Waals surface area contributed by atoms with Crippen LogP contribution in [-0.4, -0.2) is 77.3 Å². The van der Waals surface area contributed by atoms with Crippen LogP contribution < -0.4 is 10.1 Å². The number of carbonyl (C=O) groups excluding carboxylic acids is 2. The largest absolute Gasteiger partial charge is 0.497 e. The van der Waals surface area contributed by atoms with Gasteiger partial charge in [0, 0.05) is 44.0 Å². The Kier molecular flexibility index (Phi) is 7.82. The average molecular weight is 476 g/mol. The van der Waals surface area contributed by atoms with E-state index in [2.05, 4.69) is 10.2 Å². The van der Waals surface area contributed by atoms with Crippen molar-refractivity contribution in [1.82, 2.24) is 24.9 Å². The number of nitrogens with zero attached hydrogens (tertiary/aromatic N) is 4. The third-order valence-corrected chi connectivity index (χ3v) is 6.02. The van der Waals surface area contributed by atoms with Crippen molar-refractivity contribution in [2.24, 2.45) is 0 Å². The Hall–Kier alpha value is -3.65. The summed E-state index contributed by atoms with van der Waals surface area (Å²) in [5.41, 5.74) is 3.22. The molecule has 0 radical (unpaired) electrons. The van der Waals surface area contributed by atoms with Gasteiger partial charge in [0.2, 0.25) is 5.91 Å². The molecule has 0 unspecified atom stereocenters. The molecule has 0 spiro atoms. The predicted octanol–water partition coefficient (Wildman–Crippen LogP) is 2.89. The molecule has 8 nitrogen and oxygen atoms in total. The molecule has 1 fully saturated rings. The minimum absolute atomic E-state index is 0.0174. The highest BCUT2D eigenvalue weighted by Gasteiger charge is 2.27. The monoisotopic (exact) mass is 475 g/mol. The second-order valence-electron chi connectivity index (χ2n) is 9.09. The Morgan fingerprint density at radius 3 is 2.31 bits per heavy atom. The molecule has 184 valence electrons. The molecule has 2 amide bonds. The second kappa shape index (κ2) is 11.2. The van der Waals surface area contributed by atoms with E-state index >= 15 is 0 Å². The first kappa shape index (κ1) is 24.5. The lowest BCUT2D eigenvalue weighted by molar-refractivity contribution is -0.123. The van der Waals surface area contributed by atoms with Crippen LogP contribution >= 0.6 is 0 Å². The van der Waals surface area contributed by atoms with Gasteiger partial charge in [-0.15, -0.1) is 0 Å². The number of ether oxygens (including phenoxy) is 1. The summed E-state index contributed by atoms with van der Waals surface area (Å²) in [6.45, 7) is 7.29. The van der Waals surface area contributed by atoms with E-state index in [1.807, 2.05) is 84.2 Å². The van der Waals surface area contributed by atoms with Crippen LogP contribution in [0.2, 0.25) is 0 Å². The van der Waals surface area contributed by atoms with Crippen molar-refractivity contribution in [3.05, 3.63) is 71.9 Å². The first-order valence-electron chi connectivity index (χ1n) is 12.0. The van der Waals surface area contributed by atoms with Crippen molar-refractivity contribution in [3.63, 3.8) is 0 Å². The van der Waals surface area contributed by atoms with Gasteiger partial charge in [-0.2, -0.15) is 5.10 Å². The van der Waals surface area contributed by atoms with Crippen molar-refractivity contribution in [1.29, 1.82) is 0 Å². The Morgan fingerprint density at radius 1 is 1.00 bits per heavy atom. The molecule has 3 aromatic rings. The number of hydrogen-bond donors (Lipinski definition) is 1. The van der Waals surface area contributed by atoms with Crippen LogP contribution in [0.4, 0.5) is 0 Å². The normalized spacial score (nSPS) is 14.2. The van der Waals surface area contributed by atoms with Crippen LogP contribution in [-0.2, 0) is 11.3 Å². The topological polar surface area (TPSA) is 79.7 Å². The average Bonchev–Trinajstić information content (AvgIpc) is 3.28. The van der Waals surface area contributed by atoms with Crippen LogP contribution in [0.25, 0.3) is 11.3 Å². The summed E-state index contributed by atoms with van der Waals surface area (Å²) in [4.78, 5) is 29.7. The number of nitrogens with one attached hydrogen (secondary N) is 1. The summed E-state index contributed by atoms with van der Waals surface area (Å²) < 4.78 is 7.11. The lowest BCUT2D eigenvalue weighted by atomic mass is 10.1. The minimum atomic E-state index is -0.0404. The fourth-order valence-corrected chi connectivity index (χ4v) is 4.24. The van der Waals surface area contributed by atoms with Gasteiger partial charge in [-0.3, -0.25) is 19.2 Å². The molecule has 1 aromatic heterocycles. The molecule has 0 bridgehead atoms. The number of benzene rings is 2. The Balaban J connectivity index is 1.52. The van der Waals surface area contributed by atoms with Crippen LogP contribution in [0.1, 0.15) is 29.8 Å². The lowest BCUT2D eigenvalue weighted by Gasteiger charge is -2.34. The smallest absolute Gasteiger partial charge is 0.257 e. The summed E-state index contributed by atoms with van der Waals surface area (Å²) in [5.74, 6) is 0.730. The number of methoxy groups -OCH3 is 1. The fourth-order valence-electron chi connectivity index (χ4n) is 4.24. The van der Waals surface area contributed by atoms with E-state index in [9.17, 15) is 9.59 Å². The molecule has 2 aromatic carbocycles. The van der Waals surface area contributed by atoms with Crippen molar-refractivity contribution < 1.29 is 14.3 Å². The van der Waals surface area contributed by atoms with Gasteiger partial charge < -0.3 is 15.0 Å². The molecule has 8 heteroatoms. The van der Waals surface area contributed by atoms with Gasteiger partial charge in [-0.25, -0.2) is 0 Å². The van der Waals surface area contributed by atoms with Crippen LogP contribution in [0, 0.1) is 0 Å². The summed E-state index contributed by atoms with van der Waals surface area (Å²) in [6, 6.07) is 17.8. The molecule has 1 saturated heterocycles. The highest BCUT2D eigenvalue weighted by molar-refractivity contribution is 6.00. The van der Waals surface area contributed by atoms with Crippen molar-refractivity contribution in [3.8, 4) is 17.0 Å². The third-order valence-electron chi connectivity index (χ3n) is 6.02. The molecule has 0 saturated carbocycles. The summed E-state index contributed by atoms with van der Waals surface area (Å²) in [6.07, 6.45) is 1.84. The molecule has 2 heterocycles. The van der Waals surface area contributed by atoms with Gasteiger partial charge in [0.1, 0.15) is 11.4 Å². The molecule has 4 rings (SSSR count). The highest BCUT2D eigenvalue weighted by Crippen LogP contribution is 2.26. The zero-order chi connectivity index (χ0) is 24.8. The van der Waals surface area contributed by atoms with Gasteiger partial charge in [0.25, 0.3) is 5.91 Å². The highest BCUT2D eigenvalue weighted by atomic mass is 16.5. The van der Waals surface area contributed by atoms with Gasteiger partial charge in [-0.05, 0) is 43.7 Å². The van der Waals surface area contributed by atoms with Crippen molar-refractivity contribution in [2.45, 2.75) is 26.4 Å². The van der Waals surface area contributed by atoms with E-state index in [1.165, 1.54) is 0 Å². The molecule has 1 aliphatic heterocycles. The standard InChI is InChI=1S/C27H33N5O3/c1-20(2)28-25(33)19-30-13-15-31(16-14-30)27(34)24-18-32(17-21-7-5-4-6-8-21)29-26(24)22-9-11-23(35-3)12-10-22/h4-12,18,20H,13-17,19H2,1-3H3,(H,28,33). The molecular weight excluding hydrogens is 442 g/mol. The number of aromatic nitrogens is 2. The quantitative estimate of drug-likeness (QED) is 0.542. The van der Waals surface area contributed by atoms with Gasteiger partial charge in [0.15, 0.2) is 0 Å². The van der Waals surface area contributed by atoms with Crippen molar-refractivity contribution in [2.75, 3.05) is 39.8 Å². The Morgan fingerprint density at radius 2 is 1.69 bits per heavy atom. The van der Waals surface area contributed by atoms with Crippen LogP contribution in [0.15, 0.2) is 60.8 Å². The van der Waals surface area contributed by atoms with Crippen molar-refractivity contribution >= 4 is 11.8 Å². The molecular formula is C27H33N5O3. The summed E-state index contributed by atoms with van der Waals surface area (Å²) in [7, 11) is 1.63. The third kappa shape index (κ3) is 6.27. The number of hydrogen-bond acceptors (Lipinski definition) is 5. The predicted molar refractivity (Wildman–Crippen MR) is 135 cm³/mol. The fraction of sp³-hybridized carbons (Fsp3) is 0.370. The maximum absolute atomic E-state index is 13.6. The lowest BCUT2D eigenvalue weighted by Crippen LogP contribution is -2.51. The van der Waals surface area contributed by atoms with E-state index < -0.39 is 0 Å². The maximum atomic E-state index is 13.6. The Labute approximate surface area is 206 Å². The van der Waals surface area contributed by atoms with E-state index in [1.54, 1.807) is 7.11 Å². The SMILES string of the molecule is COc1ccc(-c2nn(Cc3ccccc3)cc2C(=O)N2CCN(CC(=O)NC(C)C)CC2)cc1. The molecule has 0 aliphatic carbocycles. The summed E-state index contributed by atoms with van der Waals surface area (Å²) in [5, 5.41) is 7.72. The van der Waals surface area contributed by atoms with Crippen LogP contribution in [0.3, 0.4) is 0 Å². The van der Waals surface area contributed by atoms with Gasteiger partial charge >= 0.3 is 0 Å². The zero-order valence-electron chi connectivity index (χ0n) is 20.6. The van der Waals surface area contributed by atoms with Crippen LogP contribution in [0.5, 0.6) is 5.75 Å². The first-order valence-corrected chi connectivity index (χ1v) is 12.0. The zero-order valence-corrected chi connectivity index (χ0v) is 20.6. The number of piperazine rings is 1. The van der Waals surface area contributed by atoms with E-state index in [0.717, 1.165) is 16.9 Å². The Bertz CT molecular complexity index is 1130. The molecule has 1 aliphatic rings. The summed E-state index contributed by atoms with van der Waals surface area (Å²) >= 11 is 0. The van der Waals surface area contributed by atoms with E-state index in [4.69, 9.17) is 9.84 Å². The first-order chi connectivity index (χ1) is 16.9. The number of amides is 2. The van der Waals surface area contributed by atoms with E-state index in [-0.39, 0.29) is 17.9 Å². The molecule has 35 heavy (non-hydrogen) atoms. The van der Waals surface area contributed by atoms with Gasteiger partial charge in [-0.1, -0.05) is 30.3 Å². The minimum Gasteiger partial charge on any atom is -0.497 e. The number of rotatable bonds is 8. The second-order valence-corrected chi connectivity index (χ2v) is 9.09. The van der Waals surface area contributed by atoms with E-state index in [0.29, 0.717) is 50.5 Å². The maximum Gasteiger partial charge on any atom is 0.257 e. The molecule has 1 N–H and O–H groups in total. The number of carbonyl (C=O) groups is 2. The molecule has 0 atom stereocenters. The van der Waals surface area contributed by atoms with Gasteiger partial charge in [0.05, 0.1) is 25.8 Å².